The second-order valence-electron chi connectivity index (χ2n) is 4.62. The maximum Gasteiger partial charge on any atom is 0.255 e. The molecule has 0 aliphatic heterocycles. The number of amides is 1. The fourth-order valence-electron chi connectivity index (χ4n) is 2.50. The van der Waals surface area contributed by atoms with Gasteiger partial charge in [0.2, 0.25) is 0 Å². The van der Waals surface area contributed by atoms with Gasteiger partial charge in [-0.25, -0.2) is 4.39 Å². The van der Waals surface area contributed by atoms with Gasteiger partial charge in [-0.15, -0.1) is 0 Å². The highest BCUT2D eigenvalue weighted by atomic mass is 19.1. The molecule has 0 unspecified atom stereocenters. The number of hydrogen-bond donors (Lipinski definition) is 1. The molecule has 1 aromatic rings. The molecule has 1 fully saturated rings. The van der Waals surface area contributed by atoms with E-state index in [1.165, 1.54) is 12.3 Å². The van der Waals surface area contributed by atoms with Gasteiger partial charge in [0.1, 0.15) is 5.82 Å². The number of halogens is 1. The van der Waals surface area contributed by atoms with E-state index in [2.05, 4.69) is 4.98 Å². The van der Waals surface area contributed by atoms with Gasteiger partial charge in [0, 0.05) is 25.3 Å². The molecule has 5 heteroatoms. The van der Waals surface area contributed by atoms with Crippen LogP contribution in [0.4, 0.5) is 4.39 Å². The maximum absolute atomic E-state index is 13.1. The molecule has 1 aromatic heterocycles. The summed E-state index contributed by atoms with van der Waals surface area (Å²) in [6.07, 6.45) is 6.80. The maximum atomic E-state index is 13.1. The van der Waals surface area contributed by atoms with Gasteiger partial charge in [0.25, 0.3) is 5.91 Å². The number of nitrogens with zero attached hydrogens (tertiary/aromatic N) is 2. The molecule has 0 atom stereocenters. The summed E-state index contributed by atoms with van der Waals surface area (Å²) in [4.78, 5) is 17.8. The molecule has 0 bridgehead atoms. The van der Waals surface area contributed by atoms with Gasteiger partial charge in [0.15, 0.2) is 0 Å². The Bertz CT molecular complexity index is 418. The summed E-state index contributed by atoms with van der Waals surface area (Å²) in [7, 11) is 0. The summed E-state index contributed by atoms with van der Waals surface area (Å²) in [6, 6.07) is 1.47. The van der Waals surface area contributed by atoms with Crippen LogP contribution in [0.2, 0.25) is 0 Å². The third-order valence-corrected chi connectivity index (χ3v) is 3.35. The summed E-state index contributed by atoms with van der Waals surface area (Å²) in [6.45, 7) is 0.936. The van der Waals surface area contributed by atoms with Gasteiger partial charge in [-0.2, -0.15) is 0 Å². The number of pyridine rings is 1. The molecule has 0 radical (unpaired) electrons. The van der Waals surface area contributed by atoms with E-state index in [0.29, 0.717) is 18.7 Å². The average molecular weight is 251 g/mol. The van der Waals surface area contributed by atoms with Gasteiger partial charge in [-0.05, 0) is 18.9 Å². The van der Waals surface area contributed by atoms with Crippen LogP contribution in [0.5, 0.6) is 0 Å². The highest BCUT2D eigenvalue weighted by Crippen LogP contribution is 2.24. The first kappa shape index (κ1) is 13.0. The minimum atomic E-state index is -0.486. The molecule has 0 saturated heterocycles. The first-order valence-electron chi connectivity index (χ1n) is 6.34. The van der Waals surface area contributed by atoms with Crippen molar-refractivity contribution in [2.75, 3.05) is 13.1 Å². The normalized spacial score (nSPS) is 15.9. The fourth-order valence-corrected chi connectivity index (χ4v) is 2.50. The van der Waals surface area contributed by atoms with E-state index in [9.17, 15) is 9.18 Å². The van der Waals surface area contributed by atoms with Crippen molar-refractivity contribution in [1.29, 1.82) is 0 Å². The Morgan fingerprint density at radius 3 is 2.78 bits per heavy atom. The van der Waals surface area contributed by atoms with Gasteiger partial charge >= 0.3 is 0 Å². The predicted octanol–water partition coefficient (Wildman–Crippen LogP) is 1.56. The smallest absolute Gasteiger partial charge is 0.255 e. The average Bonchev–Trinajstić information content (AvgIpc) is 2.89. The minimum absolute atomic E-state index is 0.167. The molecule has 0 aromatic carbocycles. The van der Waals surface area contributed by atoms with Crippen molar-refractivity contribution in [2.45, 2.75) is 31.7 Å². The molecule has 18 heavy (non-hydrogen) atoms. The van der Waals surface area contributed by atoms with E-state index >= 15 is 0 Å². The molecular weight excluding hydrogens is 233 g/mol. The van der Waals surface area contributed by atoms with Crippen molar-refractivity contribution < 1.29 is 9.18 Å². The summed E-state index contributed by atoms with van der Waals surface area (Å²) in [5, 5.41) is 0. The van der Waals surface area contributed by atoms with E-state index in [0.717, 1.165) is 31.9 Å². The fraction of sp³-hybridized carbons (Fsp3) is 0.538. The third-order valence-electron chi connectivity index (χ3n) is 3.35. The van der Waals surface area contributed by atoms with Gasteiger partial charge < -0.3 is 10.6 Å². The van der Waals surface area contributed by atoms with Crippen LogP contribution in [0.15, 0.2) is 18.5 Å². The Kier molecular flexibility index (Phi) is 4.25. The van der Waals surface area contributed by atoms with Crippen LogP contribution in [-0.4, -0.2) is 34.9 Å². The molecule has 1 heterocycles. The Hall–Kier alpha value is -1.49. The number of nitrogens with two attached hydrogens (primary N) is 1. The second-order valence-corrected chi connectivity index (χ2v) is 4.62. The van der Waals surface area contributed by atoms with E-state index < -0.39 is 5.82 Å². The highest BCUT2D eigenvalue weighted by Gasteiger charge is 2.27. The SMILES string of the molecule is NCCN(C(=O)c1cncc(F)c1)C1CCCC1. The summed E-state index contributed by atoms with van der Waals surface area (Å²) in [5.41, 5.74) is 5.86. The van der Waals surface area contributed by atoms with Crippen LogP contribution in [0.3, 0.4) is 0 Å². The van der Waals surface area contributed by atoms with Crippen molar-refractivity contribution in [3.05, 3.63) is 29.8 Å². The predicted molar refractivity (Wildman–Crippen MR) is 66.5 cm³/mol. The quantitative estimate of drug-likeness (QED) is 0.883. The summed E-state index contributed by atoms with van der Waals surface area (Å²) in [5.74, 6) is -0.653. The molecular formula is C13H18FN3O. The lowest BCUT2D eigenvalue weighted by atomic mass is 10.1. The van der Waals surface area contributed by atoms with Crippen molar-refractivity contribution >= 4 is 5.91 Å². The molecule has 98 valence electrons. The van der Waals surface area contributed by atoms with Crippen molar-refractivity contribution in [3.63, 3.8) is 0 Å². The molecule has 1 aliphatic rings. The van der Waals surface area contributed by atoms with Gasteiger partial charge in [0.05, 0.1) is 11.8 Å². The molecule has 2 rings (SSSR count). The first-order valence-corrected chi connectivity index (χ1v) is 6.34. The van der Waals surface area contributed by atoms with Crippen LogP contribution in [0, 0.1) is 5.82 Å². The highest BCUT2D eigenvalue weighted by molar-refractivity contribution is 5.94. The van der Waals surface area contributed by atoms with Crippen LogP contribution >= 0.6 is 0 Å². The number of rotatable bonds is 4. The standard InChI is InChI=1S/C13H18FN3O/c14-11-7-10(8-16-9-11)13(18)17(6-5-15)12-3-1-2-4-12/h7-9,12H,1-6,15H2. The summed E-state index contributed by atoms with van der Waals surface area (Å²) >= 11 is 0. The minimum Gasteiger partial charge on any atom is -0.334 e. The third kappa shape index (κ3) is 2.85. The Labute approximate surface area is 106 Å². The van der Waals surface area contributed by atoms with Crippen molar-refractivity contribution in [2.24, 2.45) is 5.73 Å². The van der Waals surface area contributed by atoms with Crippen LogP contribution in [-0.2, 0) is 0 Å². The molecule has 0 spiro atoms. The lowest BCUT2D eigenvalue weighted by Crippen LogP contribution is -2.42. The number of hydrogen-bond acceptors (Lipinski definition) is 3. The molecule has 1 aliphatic carbocycles. The molecule has 1 saturated carbocycles. The zero-order valence-corrected chi connectivity index (χ0v) is 10.3. The largest absolute Gasteiger partial charge is 0.334 e. The van der Waals surface area contributed by atoms with Crippen molar-refractivity contribution in [3.8, 4) is 0 Å². The Balaban J connectivity index is 2.17. The van der Waals surface area contributed by atoms with E-state index in [1.807, 2.05) is 0 Å². The zero-order valence-electron chi connectivity index (χ0n) is 10.3. The Morgan fingerprint density at radius 1 is 1.44 bits per heavy atom. The monoisotopic (exact) mass is 251 g/mol. The number of carbonyl (C=O) groups excluding carboxylic acids is 1. The molecule has 1 amide bonds. The Morgan fingerprint density at radius 2 is 2.17 bits per heavy atom. The number of aromatic nitrogens is 1. The van der Waals surface area contributed by atoms with Crippen molar-refractivity contribution in [1.82, 2.24) is 9.88 Å². The number of carbonyl (C=O) groups is 1. The van der Waals surface area contributed by atoms with Gasteiger partial charge in [-0.3, -0.25) is 9.78 Å². The van der Waals surface area contributed by atoms with Crippen LogP contribution < -0.4 is 5.73 Å². The van der Waals surface area contributed by atoms with Crippen LogP contribution in [0.1, 0.15) is 36.0 Å². The molecule has 4 nitrogen and oxygen atoms in total. The lowest BCUT2D eigenvalue weighted by molar-refractivity contribution is 0.0687. The van der Waals surface area contributed by atoms with E-state index in [4.69, 9.17) is 5.73 Å². The topological polar surface area (TPSA) is 59.2 Å². The summed E-state index contributed by atoms with van der Waals surface area (Å²) < 4.78 is 13.1. The zero-order chi connectivity index (χ0) is 13.0. The molecule has 2 N–H and O–H groups in total. The lowest BCUT2D eigenvalue weighted by Gasteiger charge is -2.28. The van der Waals surface area contributed by atoms with Crippen LogP contribution in [0.25, 0.3) is 0 Å². The first-order chi connectivity index (χ1) is 8.72. The van der Waals surface area contributed by atoms with E-state index in [1.54, 1.807) is 4.90 Å². The van der Waals surface area contributed by atoms with E-state index in [-0.39, 0.29) is 11.9 Å². The second kappa shape index (κ2) is 5.91. The van der Waals surface area contributed by atoms with Gasteiger partial charge in [-0.1, -0.05) is 12.8 Å².